The van der Waals surface area contributed by atoms with Gasteiger partial charge in [0.25, 0.3) is 0 Å². The molecule has 0 amide bonds. The number of halogens is 2. The molecule has 0 saturated carbocycles. The fraction of sp³-hybridized carbons (Fsp3) is 0.368. The van der Waals surface area contributed by atoms with Crippen LogP contribution in [0.1, 0.15) is 11.1 Å². The maximum absolute atomic E-state index is 6.43. The van der Waals surface area contributed by atoms with Gasteiger partial charge in [-0.15, -0.1) is 0 Å². The van der Waals surface area contributed by atoms with E-state index in [9.17, 15) is 0 Å². The second-order valence-electron chi connectivity index (χ2n) is 8.63. The second kappa shape index (κ2) is 5.22. The van der Waals surface area contributed by atoms with Crippen molar-refractivity contribution in [1.82, 2.24) is 0 Å². The van der Waals surface area contributed by atoms with Crippen molar-refractivity contribution in [3.05, 3.63) is 57.6 Å². The zero-order chi connectivity index (χ0) is 17.2. The third-order valence-corrected chi connectivity index (χ3v) is 15.9. The summed E-state index contributed by atoms with van der Waals surface area (Å²) < 4.78 is 0.125. The Morgan fingerprint density at radius 3 is 1.30 bits per heavy atom. The van der Waals surface area contributed by atoms with Gasteiger partial charge in [0, 0.05) is 14.7 Å². The van der Waals surface area contributed by atoms with E-state index in [0.29, 0.717) is 0 Å². The van der Waals surface area contributed by atoms with Gasteiger partial charge in [0.1, 0.15) is 0 Å². The number of rotatable bonds is 2. The lowest BCUT2D eigenvalue weighted by Gasteiger charge is -2.51. The van der Waals surface area contributed by atoms with Gasteiger partial charge >= 0.3 is 0 Å². The topological polar surface area (TPSA) is 0 Å². The predicted molar refractivity (Wildman–Crippen MR) is 109 cm³/mol. The van der Waals surface area contributed by atoms with Crippen LogP contribution in [0.5, 0.6) is 0 Å². The summed E-state index contributed by atoms with van der Waals surface area (Å²) in [4.78, 5) is 0. The summed E-state index contributed by atoms with van der Waals surface area (Å²) in [6, 6.07) is 12.9. The Balaban J connectivity index is 2.54. The quantitative estimate of drug-likeness (QED) is 0.492. The first-order valence-electron chi connectivity index (χ1n) is 8.10. The van der Waals surface area contributed by atoms with Crippen LogP contribution in [0.2, 0.25) is 49.3 Å². The SMILES string of the molecule is C[Si](C)(C)C1([Si](C)(C)C)c2cc(Cl)ccc2-c2ccc(Cl)cc21. The van der Waals surface area contributed by atoms with E-state index in [-0.39, 0.29) is 4.66 Å². The molecular weight excluding hydrogens is 355 g/mol. The molecule has 0 unspecified atom stereocenters. The fourth-order valence-corrected chi connectivity index (χ4v) is 18.4. The molecular formula is C19H24Cl2Si2. The molecule has 0 radical (unpaired) electrons. The Morgan fingerprint density at radius 2 is 1.00 bits per heavy atom. The van der Waals surface area contributed by atoms with Gasteiger partial charge in [-0.05, 0) is 46.5 Å². The molecule has 0 aromatic heterocycles. The van der Waals surface area contributed by atoms with Crippen molar-refractivity contribution < 1.29 is 0 Å². The number of hydrogen-bond donors (Lipinski definition) is 0. The third-order valence-electron chi connectivity index (χ3n) is 5.31. The molecule has 0 heterocycles. The average Bonchev–Trinajstić information content (AvgIpc) is 2.66. The van der Waals surface area contributed by atoms with Gasteiger partial charge in [-0.25, -0.2) is 0 Å². The van der Waals surface area contributed by atoms with Crippen LogP contribution in [-0.2, 0) is 4.66 Å². The van der Waals surface area contributed by atoms with Crippen LogP contribution >= 0.6 is 23.2 Å². The Kier molecular flexibility index (Phi) is 3.92. The minimum Gasteiger partial charge on any atom is -0.0843 e. The monoisotopic (exact) mass is 378 g/mol. The summed E-state index contributed by atoms with van der Waals surface area (Å²) in [6.07, 6.45) is 0. The molecule has 0 N–H and O–H groups in total. The highest BCUT2D eigenvalue weighted by Gasteiger charge is 2.59. The van der Waals surface area contributed by atoms with Crippen LogP contribution in [0.3, 0.4) is 0 Å². The van der Waals surface area contributed by atoms with Gasteiger partial charge in [0.15, 0.2) is 0 Å². The molecule has 0 bridgehead atoms. The molecule has 122 valence electrons. The Labute approximate surface area is 151 Å². The first-order chi connectivity index (χ1) is 10.5. The van der Waals surface area contributed by atoms with E-state index < -0.39 is 16.1 Å². The molecule has 0 nitrogen and oxygen atoms in total. The van der Waals surface area contributed by atoms with Gasteiger partial charge in [-0.3, -0.25) is 0 Å². The van der Waals surface area contributed by atoms with E-state index in [2.05, 4.69) is 63.5 Å². The first-order valence-corrected chi connectivity index (χ1v) is 15.9. The van der Waals surface area contributed by atoms with Gasteiger partial charge < -0.3 is 0 Å². The number of fused-ring (bicyclic) bond motifs is 3. The van der Waals surface area contributed by atoms with Crippen molar-refractivity contribution in [3.63, 3.8) is 0 Å². The van der Waals surface area contributed by atoms with Gasteiger partial charge in [-0.1, -0.05) is 74.6 Å². The molecule has 23 heavy (non-hydrogen) atoms. The van der Waals surface area contributed by atoms with E-state index in [4.69, 9.17) is 23.2 Å². The summed E-state index contributed by atoms with van der Waals surface area (Å²) in [5.41, 5.74) is 5.60. The molecule has 1 aliphatic rings. The summed E-state index contributed by atoms with van der Waals surface area (Å²) in [5, 5.41) is 1.67. The molecule has 0 atom stereocenters. The maximum Gasteiger partial charge on any atom is 0.0579 e. The van der Waals surface area contributed by atoms with Crippen LogP contribution < -0.4 is 0 Å². The smallest absolute Gasteiger partial charge is 0.0579 e. The zero-order valence-electron chi connectivity index (χ0n) is 14.7. The lowest BCUT2D eigenvalue weighted by molar-refractivity contribution is 0.952. The van der Waals surface area contributed by atoms with Crippen LogP contribution in [0.15, 0.2) is 36.4 Å². The van der Waals surface area contributed by atoms with Crippen LogP contribution in [0, 0.1) is 0 Å². The van der Waals surface area contributed by atoms with Gasteiger partial charge in [-0.2, -0.15) is 0 Å². The van der Waals surface area contributed by atoms with Crippen LogP contribution in [0.4, 0.5) is 0 Å². The Bertz CT molecular complexity index is 715. The lowest BCUT2D eigenvalue weighted by atomic mass is 10.1. The Hall–Kier alpha value is -0.546. The summed E-state index contributed by atoms with van der Waals surface area (Å²) >= 11 is 12.9. The maximum atomic E-state index is 6.43. The second-order valence-corrected chi connectivity index (χ2v) is 20.5. The predicted octanol–water partition coefficient (Wildman–Crippen LogP) is 7.01. The van der Waals surface area contributed by atoms with Crippen molar-refractivity contribution in [1.29, 1.82) is 0 Å². The zero-order valence-corrected chi connectivity index (χ0v) is 18.2. The fourth-order valence-electron chi connectivity index (χ4n) is 5.01. The highest BCUT2D eigenvalue weighted by atomic mass is 35.5. The standard InChI is InChI=1S/C19H24Cl2Si2/c1-22(2,3)19(23(4,5)6)17-11-13(20)7-9-15(17)16-10-8-14(21)12-18(16)19/h7-12H,1-6H3. The highest BCUT2D eigenvalue weighted by Crippen LogP contribution is 2.58. The molecule has 3 rings (SSSR count). The van der Waals surface area contributed by atoms with Crippen LogP contribution in [-0.4, -0.2) is 16.1 Å². The lowest BCUT2D eigenvalue weighted by Crippen LogP contribution is -2.63. The van der Waals surface area contributed by atoms with Crippen molar-refractivity contribution in [2.45, 2.75) is 43.9 Å². The molecule has 2 aromatic rings. The van der Waals surface area contributed by atoms with E-state index in [1.165, 1.54) is 22.3 Å². The average molecular weight is 379 g/mol. The van der Waals surface area contributed by atoms with Crippen molar-refractivity contribution in [2.75, 3.05) is 0 Å². The first kappa shape index (κ1) is 17.3. The number of benzene rings is 2. The Morgan fingerprint density at radius 1 is 0.652 bits per heavy atom. The van der Waals surface area contributed by atoms with Crippen LogP contribution in [0.25, 0.3) is 11.1 Å². The van der Waals surface area contributed by atoms with Crippen molar-refractivity contribution >= 4 is 39.3 Å². The largest absolute Gasteiger partial charge is 0.0843 e. The minimum atomic E-state index is -1.61. The van der Waals surface area contributed by atoms with E-state index in [1.807, 2.05) is 12.1 Å². The molecule has 0 fully saturated rings. The van der Waals surface area contributed by atoms with E-state index >= 15 is 0 Å². The van der Waals surface area contributed by atoms with Gasteiger partial charge in [0.05, 0.1) is 16.1 Å². The molecule has 0 aliphatic heterocycles. The van der Waals surface area contributed by atoms with Crippen molar-refractivity contribution in [2.24, 2.45) is 0 Å². The number of hydrogen-bond acceptors (Lipinski definition) is 0. The molecule has 4 heteroatoms. The normalized spacial score (nSPS) is 16.2. The van der Waals surface area contributed by atoms with Gasteiger partial charge in [0.2, 0.25) is 0 Å². The molecule has 2 aromatic carbocycles. The van der Waals surface area contributed by atoms with Crippen molar-refractivity contribution in [3.8, 4) is 11.1 Å². The molecule has 0 saturated heterocycles. The molecule has 0 spiro atoms. The molecule has 1 aliphatic carbocycles. The van der Waals surface area contributed by atoms with E-state index in [1.54, 1.807) is 0 Å². The highest BCUT2D eigenvalue weighted by molar-refractivity contribution is 6.99. The van der Waals surface area contributed by atoms with E-state index in [0.717, 1.165) is 10.0 Å². The summed E-state index contributed by atoms with van der Waals surface area (Å²) in [5.74, 6) is 0. The summed E-state index contributed by atoms with van der Waals surface area (Å²) in [7, 11) is -3.23. The summed E-state index contributed by atoms with van der Waals surface area (Å²) in [6.45, 7) is 15.0. The third kappa shape index (κ3) is 2.30. The minimum absolute atomic E-state index is 0.125.